The molecule has 0 radical (unpaired) electrons. The second-order valence-corrected chi connectivity index (χ2v) is 14.8. The fraction of sp³-hybridized carbons (Fsp3) is 0.424. The number of halogens is 2. The quantitative estimate of drug-likeness (QED) is 0.225. The average Bonchev–Trinajstić information content (AvgIpc) is 3.24. The second-order valence-electron chi connectivity index (χ2n) is 12.1. The highest BCUT2D eigenvalue weighted by atomic mass is 32.2. The minimum absolute atomic E-state index is 0.0306. The monoisotopic (exact) mass is 718 g/mol. The minimum atomic E-state index is -4.51. The molecule has 0 spiro atoms. The first kappa shape index (κ1) is 35.1. The molecule has 0 bridgehead atoms. The largest absolute Gasteiger partial charge is 0.468 e. The normalized spacial score (nSPS) is 20.3. The van der Waals surface area contributed by atoms with Crippen LogP contribution in [0, 0.1) is 17.6 Å². The van der Waals surface area contributed by atoms with Crippen LogP contribution < -0.4 is 20.0 Å². The van der Waals surface area contributed by atoms with Crippen molar-refractivity contribution < 1.29 is 41.5 Å². The third-order valence-corrected chi connectivity index (χ3v) is 11.3. The summed E-state index contributed by atoms with van der Waals surface area (Å²) in [6.07, 6.45) is 0.846. The number of ether oxygens (including phenoxy) is 2. The van der Waals surface area contributed by atoms with Crippen molar-refractivity contribution in [3.63, 3.8) is 0 Å². The van der Waals surface area contributed by atoms with Crippen LogP contribution in [0.5, 0.6) is 5.75 Å². The van der Waals surface area contributed by atoms with Crippen LogP contribution in [-0.2, 0) is 29.1 Å². The maximum atomic E-state index is 15.5. The van der Waals surface area contributed by atoms with Crippen molar-refractivity contribution in [2.75, 3.05) is 38.5 Å². The van der Waals surface area contributed by atoms with E-state index in [1.165, 1.54) is 40.7 Å². The van der Waals surface area contributed by atoms with Gasteiger partial charge < -0.3 is 18.9 Å². The number of morpholine rings is 1. The molecule has 3 aromatic rings. The zero-order valence-corrected chi connectivity index (χ0v) is 29.1. The molecule has 262 valence electrons. The van der Waals surface area contributed by atoms with E-state index in [1.807, 2.05) is 38.1 Å². The van der Waals surface area contributed by atoms with Gasteiger partial charge in [-0.15, -0.1) is 11.8 Å². The number of benzene rings is 2. The van der Waals surface area contributed by atoms with E-state index in [1.54, 1.807) is 11.9 Å². The van der Waals surface area contributed by atoms with Gasteiger partial charge in [-0.1, -0.05) is 38.1 Å². The van der Waals surface area contributed by atoms with Crippen molar-refractivity contribution in [3.8, 4) is 5.75 Å². The van der Waals surface area contributed by atoms with Crippen molar-refractivity contribution in [1.29, 1.82) is 0 Å². The third kappa shape index (κ3) is 6.62. The predicted octanol–water partition coefficient (Wildman–Crippen LogP) is 4.97. The van der Waals surface area contributed by atoms with Crippen LogP contribution in [0.2, 0.25) is 0 Å². The number of aromatic nitrogens is 1. The van der Waals surface area contributed by atoms with E-state index in [4.69, 9.17) is 18.5 Å². The van der Waals surface area contributed by atoms with Gasteiger partial charge in [-0.3, -0.25) is 28.6 Å². The third-order valence-electron chi connectivity index (χ3n) is 8.55. The second kappa shape index (κ2) is 14.2. The summed E-state index contributed by atoms with van der Waals surface area (Å²) in [4.78, 5) is 42.9. The molecular weight excluding hydrogens is 681 g/mol. The Kier molecular flexibility index (Phi) is 10.2. The van der Waals surface area contributed by atoms with E-state index < -0.39 is 60.7 Å². The fourth-order valence-corrected chi connectivity index (χ4v) is 9.09. The molecule has 4 heterocycles. The van der Waals surface area contributed by atoms with Crippen LogP contribution in [-0.4, -0.2) is 67.1 Å². The lowest BCUT2D eigenvalue weighted by molar-refractivity contribution is -0.143. The molecule has 0 saturated carbocycles. The van der Waals surface area contributed by atoms with Crippen LogP contribution in [0.3, 0.4) is 0 Å². The number of nitrogens with one attached hydrogen (secondary N) is 1. The maximum Gasteiger partial charge on any atom is 0.459 e. The Labute approximate surface area is 286 Å². The van der Waals surface area contributed by atoms with E-state index in [9.17, 15) is 23.3 Å². The fourth-order valence-electron chi connectivity index (χ4n) is 6.44. The number of esters is 1. The molecule has 1 saturated heterocycles. The molecule has 16 heteroatoms. The molecule has 2 aromatic carbocycles. The number of rotatable bonds is 10. The first-order valence-electron chi connectivity index (χ1n) is 15.9. The lowest BCUT2D eigenvalue weighted by Gasteiger charge is -2.51. The van der Waals surface area contributed by atoms with Gasteiger partial charge in [-0.2, -0.15) is 5.09 Å². The average molecular weight is 719 g/mol. The van der Waals surface area contributed by atoms with Gasteiger partial charge in [0.25, 0.3) is 5.91 Å². The topological polar surface area (TPSA) is 129 Å². The Bertz CT molecular complexity index is 1880. The highest BCUT2D eigenvalue weighted by Gasteiger charge is 2.47. The van der Waals surface area contributed by atoms with Crippen LogP contribution in [0.25, 0.3) is 0 Å². The number of pyridine rings is 1. The Morgan fingerprint density at radius 1 is 1.14 bits per heavy atom. The van der Waals surface area contributed by atoms with Gasteiger partial charge in [0.1, 0.15) is 12.2 Å². The predicted molar refractivity (Wildman–Crippen MR) is 177 cm³/mol. The number of carbonyl (C=O) groups is 2. The molecule has 0 aliphatic carbocycles. The zero-order chi connectivity index (χ0) is 35.0. The highest BCUT2D eigenvalue weighted by Crippen LogP contribution is 2.48. The summed E-state index contributed by atoms with van der Waals surface area (Å²) in [6, 6.07) is 9.28. The first-order valence-corrected chi connectivity index (χ1v) is 18.4. The van der Waals surface area contributed by atoms with Crippen molar-refractivity contribution in [1.82, 2.24) is 14.7 Å². The SMILES string of the molecule is CCOP(=O)(N[C@@H](CC(C)C)C(=O)OC)Oc1c2n(ccc1=O)N([C@@H]1c3ccccc3SCc3c1ccc(F)c3F)[C@@H]1COCCN1C2=O. The van der Waals surface area contributed by atoms with Gasteiger partial charge in [0, 0.05) is 35.0 Å². The number of amides is 1. The first-order chi connectivity index (χ1) is 23.5. The van der Waals surface area contributed by atoms with Gasteiger partial charge in [-0.05, 0) is 42.5 Å². The summed E-state index contributed by atoms with van der Waals surface area (Å²) in [5.74, 6) is -3.72. The molecule has 6 rings (SSSR count). The van der Waals surface area contributed by atoms with Crippen LogP contribution in [0.15, 0.2) is 58.4 Å². The van der Waals surface area contributed by atoms with Crippen molar-refractivity contribution in [2.45, 2.75) is 56.1 Å². The van der Waals surface area contributed by atoms with Gasteiger partial charge in [0.15, 0.2) is 17.3 Å². The summed E-state index contributed by atoms with van der Waals surface area (Å²) in [7, 11) is -3.31. The molecule has 3 aliphatic rings. The number of hydrogen-bond donors (Lipinski definition) is 1. The summed E-state index contributed by atoms with van der Waals surface area (Å²) in [5.41, 5.74) is 0.343. The van der Waals surface area contributed by atoms with Crippen molar-refractivity contribution in [2.24, 2.45) is 5.92 Å². The molecule has 1 unspecified atom stereocenters. The Morgan fingerprint density at radius 3 is 2.65 bits per heavy atom. The van der Waals surface area contributed by atoms with E-state index in [2.05, 4.69) is 5.09 Å². The number of nitrogens with zero attached hydrogens (tertiary/aromatic N) is 3. The summed E-state index contributed by atoms with van der Waals surface area (Å²) < 4.78 is 68.1. The van der Waals surface area contributed by atoms with Crippen molar-refractivity contribution in [3.05, 3.63) is 92.9 Å². The number of carbonyl (C=O) groups excluding carboxylic acids is 2. The van der Waals surface area contributed by atoms with Gasteiger partial charge in [0.05, 0.1) is 33.0 Å². The molecule has 1 N–H and O–H groups in total. The van der Waals surface area contributed by atoms with Crippen LogP contribution in [0.4, 0.5) is 8.78 Å². The van der Waals surface area contributed by atoms with E-state index in [0.29, 0.717) is 5.56 Å². The number of hydrogen-bond acceptors (Lipinski definition) is 10. The van der Waals surface area contributed by atoms with E-state index in [0.717, 1.165) is 22.6 Å². The summed E-state index contributed by atoms with van der Waals surface area (Å²) in [5, 5.41) is 4.41. The molecule has 1 aromatic heterocycles. The van der Waals surface area contributed by atoms with Crippen LogP contribution >= 0.6 is 19.5 Å². The van der Waals surface area contributed by atoms with E-state index >= 15 is 4.39 Å². The molecule has 1 amide bonds. The molecule has 12 nitrogen and oxygen atoms in total. The Hall–Kier alpha value is -3.75. The summed E-state index contributed by atoms with van der Waals surface area (Å²) in [6.45, 7) is 5.55. The molecular formula is C33H37F2N4O8PS. The maximum absolute atomic E-state index is 15.5. The van der Waals surface area contributed by atoms with Gasteiger partial charge in [-0.25, -0.2) is 13.3 Å². The molecule has 49 heavy (non-hydrogen) atoms. The number of methoxy groups -OCH3 is 1. The standard InChI is InChI=1S/C33H37F2N4O8PS/c1-5-46-48(43,36-24(16-19(2)3)33(42)44-4)47-31-25(40)12-13-38-30(31)32(41)37-14-15-45-17-27(37)39(38)29-20-10-11-23(34)28(35)22(20)18-49-26-9-7-6-8-21(26)29/h6-13,19,24,27,29H,5,14-18H2,1-4H3,(H,36,43)/t24-,27+,29-,48?/m0/s1. The molecule has 1 fully saturated rings. The van der Waals surface area contributed by atoms with E-state index in [-0.39, 0.29) is 55.7 Å². The van der Waals surface area contributed by atoms with Crippen LogP contribution in [0.1, 0.15) is 60.4 Å². The number of fused-ring (bicyclic) bond motifs is 4. The smallest absolute Gasteiger partial charge is 0.459 e. The Balaban J connectivity index is 1.55. The number of thioether (sulfide) groups is 1. The zero-order valence-electron chi connectivity index (χ0n) is 27.4. The molecule has 3 aliphatic heterocycles. The minimum Gasteiger partial charge on any atom is -0.468 e. The lowest BCUT2D eigenvalue weighted by Crippen LogP contribution is -2.66. The Morgan fingerprint density at radius 2 is 1.92 bits per heavy atom. The van der Waals surface area contributed by atoms with Crippen molar-refractivity contribution >= 4 is 31.4 Å². The lowest BCUT2D eigenvalue weighted by atomic mass is 9.93. The summed E-state index contributed by atoms with van der Waals surface area (Å²) >= 11 is 1.36. The van der Waals surface area contributed by atoms with Gasteiger partial charge in [0.2, 0.25) is 11.2 Å². The molecule has 4 atom stereocenters. The highest BCUT2D eigenvalue weighted by molar-refractivity contribution is 7.98. The van der Waals surface area contributed by atoms with Gasteiger partial charge >= 0.3 is 13.7 Å².